The van der Waals surface area contributed by atoms with Crippen molar-refractivity contribution >= 4 is 0 Å². The summed E-state index contributed by atoms with van der Waals surface area (Å²) in [5, 5.41) is 11.4. The maximum atomic E-state index is 11.4. The topological polar surface area (TPSA) is 20.2 Å². The third-order valence-electron chi connectivity index (χ3n) is 5.91. The fourth-order valence-electron chi connectivity index (χ4n) is 4.74. The van der Waals surface area contributed by atoms with Crippen LogP contribution < -0.4 is 0 Å². The number of hydrogen-bond acceptors (Lipinski definition) is 1. The van der Waals surface area contributed by atoms with E-state index in [1.807, 2.05) is 0 Å². The lowest BCUT2D eigenvalue weighted by Crippen LogP contribution is -2.46. The highest BCUT2D eigenvalue weighted by Crippen LogP contribution is 2.45. The highest BCUT2D eigenvalue weighted by molar-refractivity contribution is 5.23. The van der Waals surface area contributed by atoms with E-state index in [1.165, 1.54) is 62.5 Å². The predicted octanol–water partition coefficient (Wildman–Crippen LogP) is 5.04. The Morgan fingerprint density at radius 2 is 1.62 bits per heavy atom. The van der Waals surface area contributed by atoms with E-state index in [9.17, 15) is 5.11 Å². The van der Waals surface area contributed by atoms with Crippen molar-refractivity contribution in [3.63, 3.8) is 0 Å². The Morgan fingerprint density at radius 1 is 0.952 bits per heavy atom. The summed E-state index contributed by atoms with van der Waals surface area (Å²) >= 11 is 0. The first kappa shape index (κ1) is 15.1. The van der Waals surface area contributed by atoms with E-state index in [1.54, 1.807) is 0 Å². The highest BCUT2D eigenvalue weighted by atomic mass is 16.3. The van der Waals surface area contributed by atoms with Gasteiger partial charge in [0.1, 0.15) is 0 Å². The molecule has 0 aromatic heterocycles. The van der Waals surface area contributed by atoms with Gasteiger partial charge in [-0.25, -0.2) is 0 Å². The molecule has 1 aromatic rings. The Hall–Kier alpha value is -0.820. The molecule has 2 saturated carbocycles. The van der Waals surface area contributed by atoms with Crippen molar-refractivity contribution in [2.45, 2.75) is 76.7 Å². The summed E-state index contributed by atoms with van der Waals surface area (Å²) < 4.78 is 0. The van der Waals surface area contributed by atoms with Crippen LogP contribution in [0.4, 0.5) is 0 Å². The smallest absolute Gasteiger partial charge is 0.0718 e. The van der Waals surface area contributed by atoms with E-state index in [4.69, 9.17) is 0 Å². The summed E-state index contributed by atoms with van der Waals surface area (Å²) in [4.78, 5) is 0. The third-order valence-corrected chi connectivity index (χ3v) is 5.91. The van der Waals surface area contributed by atoms with Crippen LogP contribution in [0.5, 0.6) is 0 Å². The Morgan fingerprint density at radius 3 is 2.33 bits per heavy atom. The second-order valence-electron chi connectivity index (χ2n) is 7.52. The number of aryl methyl sites for hydroxylation is 1. The molecule has 0 radical (unpaired) electrons. The van der Waals surface area contributed by atoms with Crippen molar-refractivity contribution in [3.8, 4) is 0 Å². The van der Waals surface area contributed by atoms with Gasteiger partial charge in [0.05, 0.1) is 5.60 Å². The van der Waals surface area contributed by atoms with E-state index >= 15 is 0 Å². The summed E-state index contributed by atoms with van der Waals surface area (Å²) in [6.45, 7) is 2.13. The number of hydrogen-bond donors (Lipinski definition) is 1. The van der Waals surface area contributed by atoms with Crippen molar-refractivity contribution < 1.29 is 5.11 Å². The first-order valence-corrected chi connectivity index (χ1v) is 8.95. The maximum absolute atomic E-state index is 11.4. The standard InChI is InChI=1S/C20H30O/c1-16-10-12-17(13-11-16)15-20(21)14-6-5-9-19(20)18-7-3-2-4-8-18/h10-13,18-19,21H,2-9,14-15H2,1H3. The second-order valence-corrected chi connectivity index (χ2v) is 7.52. The summed E-state index contributed by atoms with van der Waals surface area (Å²) in [5.41, 5.74) is 2.17. The van der Waals surface area contributed by atoms with Crippen LogP contribution in [0.15, 0.2) is 24.3 Å². The molecular formula is C20H30O. The molecule has 2 aliphatic carbocycles. The van der Waals surface area contributed by atoms with E-state index in [2.05, 4.69) is 31.2 Å². The van der Waals surface area contributed by atoms with Gasteiger partial charge in [0, 0.05) is 6.42 Å². The van der Waals surface area contributed by atoms with Gasteiger partial charge in [0.15, 0.2) is 0 Å². The predicted molar refractivity (Wildman–Crippen MR) is 88.4 cm³/mol. The Balaban J connectivity index is 1.75. The zero-order valence-corrected chi connectivity index (χ0v) is 13.5. The summed E-state index contributed by atoms with van der Waals surface area (Å²) in [6.07, 6.45) is 12.5. The molecule has 1 N–H and O–H groups in total. The normalized spacial score (nSPS) is 31.2. The first-order valence-electron chi connectivity index (χ1n) is 8.95. The minimum Gasteiger partial charge on any atom is -0.389 e. The molecule has 116 valence electrons. The van der Waals surface area contributed by atoms with Crippen molar-refractivity contribution in [2.75, 3.05) is 0 Å². The van der Waals surface area contributed by atoms with E-state index in [0.29, 0.717) is 5.92 Å². The van der Waals surface area contributed by atoms with Crippen LogP contribution in [0.3, 0.4) is 0 Å². The minimum atomic E-state index is -0.449. The number of aliphatic hydroxyl groups is 1. The van der Waals surface area contributed by atoms with Crippen molar-refractivity contribution in [2.24, 2.45) is 11.8 Å². The molecule has 21 heavy (non-hydrogen) atoms. The van der Waals surface area contributed by atoms with E-state index in [0.717, 1.165) is 18.8 Å². The molecule has 0 bridgehead atoms. The lowest BCUT2D eigenvalue weighted by molar-refractivity contribution is -0.0766. The van der Waals surface area contributed by atoms with Crippen LogP contribution in [0.2, 0.25) is 0 Å². The zero-order chi connectivity index (χ0) is 14.7. The lowest BCUT2D eigenvalue weighted by Gasteiger charge is -2.45. The van der Waals surface area contributed by atoms with E-state index < -0.39 is 5.60 Å². The van der Waals surface area contributed by atoms with Gasteiger partial charge >= 0.3 is 0 Å². The van der Waals surface area contributed by atoms with Crippen LogP contribution in [0, 0.1) is 18.8 Å². The van der Waals surface area contributed by atoms with Crippen LogP contribution in [-0.2, 0) is 6.42 Å². The molecule has 0 amide bonds. The van der Waals surface area contributed by atoms with Crippen molar-refractivity contribution in [1.29, 1.82) is 0 Å². The Labute approximate surface area is 129 Å². The molecule has 1 nitrogen and oxygen atoms in total. The summed E-state index contributed by atoms with van der Waals surface area (Å²) in [5.74, 6) is 1.31. The fourth-order valence-corrected chi connectivity index (χ4v) is 4.74. The molecule has 1 heteroatoms. The molecule has 0 heterocycles. The van der Waals surface area contributed by atoms with Crippen LogP contribution in [0.1, 0.15) is 68.9 Å². The quantitative estimate of drug-likeness (QED) is 0.825. The molecule has 2 aliphatic rings. The van der Waals surface area contributed by atoms with Gasteiger partial charge in [-0.15, -0.1) is 0 Å². The highest BCUT2D eigenvalue weighted by Gasteiger charge is 2.42. The molecule has 0 saturated heterocycles. The third kappa shape index (κ3) is 3.51. The average Bonchev–Trinajstić information content (AvgIpc) is 2.51. The molecule has 0 spiro atoms. The molecule has 0 aliphatic heterocycles. The van der Waals surface area contributed by atoms with Crippen LogP contribution in [0.25, 0.3) is 0 Å². The molecule has 3 rings (SSSR count). The Kier molecular flexibility index (Phi) is 4.69. The maximum Gasteiger partial charge on any atom is 0.0718 e. The van der Waals surface area contributed by atoms with Crippen molar-refractivity contribution in [3.05, 3.63) is 35.4 Å². The lowest BCUT2D eigenvalue weighted by atomic mass is 9.64. The fraction of sp³-hybridized carbons (Fsp3) is 0.700. The molecule has 2 unspecified atom stereocenters. The van der Waals surface area contributed by atoms with Gasteiger partial charge in [-0.05, 0) is 37.2 Å². The van der Waals surface area contributed by atoms with Crippen molar-refractivity contribution in [1.82, 2.24) is 0 Å². The zero-order valence-electron chi connectivity index (χ0n) is 13.5. The van der Waals surface area contributed by atoms with Crippen LogP contribution in [-0.4, -0.2) is 10.7 Å². The number of rotatable bonds is 3. The SMILES string of the molecule is Cc1ccc(CC2(O)CCCCC2C2CCCCC2)cc1. The van der Waals surface area contributed by atoms with Gasteiger partial charge in [0.2, 0.25) is 0 Å². The minimum absolute atomic E-state index is 0.449. The first-order chi connectivity index (χ1) is 10.2. The average molecular weight is 286 g/mol. The molecule has 2 atom stereocenters. The molecule has 2 fully saturated rings. The van der Waals surface area contributed by atoms with Gasteiger partial charge in [-0.2, -0.15) is 0 Å². The van der Waals surface area contributed by atoms with E-state index in [-0.39, 0.29) is 0 Å². The Bertz CT molecular complexity index is 443. The second kappa shape index (κ2) is 6.52. The summed E-state index contributed by atoms with van der Waals surface area (Å²) in [7, 11) is 0. The largest absolute Gasteiger partial charge is 0.389 e. The van der Waals surface area contributed by atoms with Crippen LogP contribution >= 0.6 is 0 Å². The van der Waals surface area contributed by atoms with Gasteiger partial charge < -0.3 is 5.11 Å². The number of benzene rings is 1. The summed E-state index contributed by atoms with van der Waals surface area (Å²) in [6, 6.07) is 8.77. The van der Waals surface area contributed by atoms with Gasteiger partial charge in [-0.1, -0.05) is 74.8 Å². The monoisotopic (exact) mass is 286 g/mol. The molecule has 1 aromatic carbocycles. The van der Waals surface area contributed by atoms with Gasteiger partial charge in [-0.3, -0.25) is 0 Å². The molecular weight excluding hydrogens is 256 g/mol. The van der Waals surface area contributed by atoms with Gasteiger partial charge in [0.25, 0.3) is 0 Å².